The third-order valence-corrected chi connectivity index (χ3v) is 5.10. The molecule has 0 spiro atoms. The summed E-state index contributed by atoms with van der Waals surface area (Å²) in [7, 11) is 0. The molecule has 1 radical (unpaired) electrons. The van der Waals surface area contributed by atoms with Gasteiger partial charge in [0.25, 0.3) is 5.91 Å². The first kappa shape index (κ1) is 16.8. The topological polar surface area (TPSA) is 64.4 Å². The fraction of sp³-hybridized carbons (Fsp3) is 0.450. The van der Waals surface area contributed by atoms with Crippen LogP contribution in [0.2, 0.25) is 0 Å². The summed E-state index contributed by atoms with van der Waals surface area (Å²) < 4.78 is 7.25. The van der Waals surface area contributed by atoms with Gasteiger partial charge in [-0.15, -0.1) is 0 Å². The average Bonchev–Trinajstić information content (AvgIpc) is 3.06. The van der Waals surface area contributed by atoms with E-state index in [0.29, 0.717) is 17.9 Å². The molecule has 0 saturated carbocycles. The maximum absolute atomic E-state index is 13.1. The van der Waals surface area contributed by atoms with Crippen LogP contribution in [0.4, 0.5) is 5.82 Å². The number of hydrogen-bond acceptors (Lipinski definition) is 4. The van der Waals surface area contributed by atoms with E-state index in [9.17, 15) is 9.59 Å². The van der Waals surface area contributed by atoms with Crippen molar-refractivity contribution in [2.75, 3.05) is 11.4 Å². The fourth-order valence-corrected chi connectivity index (χ4v) is 4.01. The maximum Gasteiger partial charge on any atom is 0.302 e. The highest BCUT2D eigenvalue weighted by Crippen LogP contribution is 2.39. The minimum absolute atomic E-state index is 0.0559. The van der Waals surface area contributed by atoms with Gasteiger partial charge in [0.15, 0.2) is 0 Å². The Morgan fingerprint density at radius 2 is 2.15 bits per heavy atom. The SMILES string of the molecule is CC(=O)OCc1[c]ccnc1N1CCn2c(cc3c2CC(C)(C)C3)C1=O. The van der Waals surface area contributed by atoms with Gasteiger partial charge in [-0.05, 0) is 42.0 Å². The third kappa shape index (κ3) is 2.79. The molecule has 4 rings (SSSR count). The van der Waals surface area contributed by atoms with Crippen LogP contribution in [0.3, 0.4) is 0 Å². The highest BCUT2D eigenvalue weighted by Gasteiger charge is 2.37. The van der Waals surface area contributed by atoms with Gasteiger partial charge in [0.2, 0.25) is 0 Å². The molecule has 0 atom stereocenters. The lowest BCUT2D eigenvalue weighted by atomic mass is 9.90. The summed E-state index contributed by atoms with van der Waals surface area (Å²) in [5, 5.41) is 0. The highest BCUT2D eigenvalue weighted by atomic mass is 16.5. The zero-order valence-electron chi connectivity index (χ0n) is 15.3. The van der Waals surface area contributed by atoms with E-state index in [0.717, 1.165) is 25.1 Å². The summed E-state index contributed by atoms with van der Waals surface area (Å²) in [5.41, 5.74) is 4.18. The molecule has 2 aromatic heterocycles. The predicted molar refractivity (Wildman–Crippen MR) is 95.8 cm³/mol. The number of rotatable bonds is 3. The standard InChI is InChI=1S/C20H22N3O3/c1-13(24)26-12-14-5-4-6-21-18(14)23-8-7-22-16(19(23)25)9-15-10-20(2,3)11-17(15)22/h4,6,9H,7-8,10-12H2,1-3H3. The van der Waals surface area contributed by atoms with E-state index in [4.69, 9.17) is 4.74 Å². The third-order valence-electron chi connectivity index (χ3n) is 5.10. The van der Waals surface area contributed by atoms with Crippen molar-refractivity contribution < 1.29 is 14.3 Å². The van der Waals surface area contributed by atoms with Crippen LogP contribution in [0.15, 0.2) is 18.3 Å². The second kappa shape index (κ2) is 5.97. The van der Waals surface area contributed by atoms with Gasteiger partial charge >= 0.3 is 5.97 Å². The number of ether oxygens (including phenoxy) is 1. The smallest absolute Gasteiger partial charge is 0.302 e. The Bertz CT molecular complexity index is 898. The van der Waals surface area contributed by atoms with Gasteiger partial charge in [-0.2, -0.15) is 0 Å². The lowest BCUT2D eigenvalue weighted by Gasteiger charge is -2.30. The van der Waals surface area contributed by atoms with Crippen molar-refractivity contribution in [3.63, 3.8) is 0 Å². The van der Waals surface area contributed by atoms with Crippen LogP contribution in [0.5, 0.6) is 0 Å². The summed E-state index contributed by atoms with van der Waals surface area (Å²) >= 11 is 0. The lowest BCUT2D eigenvalue weighted by Crippen LogP contribution is -2.41. The van der Waals surface area contributed by atoms with E-state index in [1.165, 1.54) is 18.2 Å². The van der Waals surface area contributed by atoms with E-state index >= 15 is 0 Å². The van der Waals surface area contributed by atoms with E-state index in [1.54, 1.807) is 17.2 Å². The molecule has 1 aliphatic carbocycles. The Kier molecular flexibility index (Phi) is 3.86. The van der Waals surface area contributed by atoms with E-state index < -0.39 is 0 Å². The van der Waals surface area contributed by atoms with Gasteiger partial charge in [0.05, 0.1) is 0 Å². The molecule has 6 nitrogen and oxygen atoms in total. The number of pyridine rings is 1. The number of esters is 1. The Hall–Kier alpha value is -2.63. The monoisotopic (exact) mass is 352 g/mol. The summed E-state index contributed by atoms with van der Waals surface area (Å²) in [6.07, 6.45) is 3.62. The molecule has 0 N–H and O–H groups in total. The summed E-state index contributed by atoms with van der Waals surface area (Å²) in [4.78, 5) is 30.3. The first-order valence-corrected chi connectivity index (χ1v) is 8.88. The van der Waals surface area contributed by atoms with E-state index in [2.05, 4.69) is 29.5 Å². The van der Waals surface area contributed by atoms with Gasteiger partial charge in [-0.1, -0.05) is 13.8 Å². The summed E-state index contributed by atoms with van der Waals surface area (Å²) in [5.74, 6) is 0.0948. The zero-order valence-corrected chi connectivity index (χ0v) is 15.3. The van der Waals surface area contributed by atoms with Crippen LogP contribution in [0.25, 0.3) is 0 Å². The molecule has 26 heavy (non-hydrogen) atoms. The predicted octanol–water partition coefficient (Wildman–Crippen LogP) is 2.53. The van der Waals surface area contributed by atoms with Crippen molar-refractivity contribution in [2.24, 2.45) is 5.41 Å². The number of aromatic nitrogens is 2. The van der Waals surface area contributed by atoms with Crippen molar-refractivity contribution in [3.8, 4) is 0 Å². The van der Waals surface area contributed by atoms with Crippen LogP contribution in [0.1, 0.15) is 48.1 Å². The van der Waals surface area contributed by atoms with Crippen molar-refractivity contribution in [2.45, 2.75) is 46.8 Å². The van der Waals surface area contributed by atoms with Crippen LogP contribution >= 0.6 is 0 Å². The van der Waals surface area contributed by atoms with Gasteiger partial charge < -0.3 is 9.30 Å². The molecule has 6 heteroatoms. The number of fused-ring (bicyclic) bond motifs is 3. The molecular weight excluding hydrogens is 330 g/mol. The fourth-order valence-electron chi connectivity index (χ4n) is 4.01. The van der Waals surface area contributed by atoms with Crippen LogP contribution in [-0.2, 0) is 35.5 Å². The van der Waals surface area contributed by atoms with Crippen molar-refractivity contribution in [1.82, 2.24) is 9.55 Å². The normalized spacial score (nSPS) is 17.8. The van der Waals surface area contributed by atoms with E-state index in [-0.39, 0.29) is 23.9 Å². The molecule has 1 aliphatic heterocycles. The molecule has 0 bridgehead atoms. The largest absolute Gasteiger partial charge is 0.461 e. The Labute approximate surface area is 152 Å². The molecule has 135 valence electrons. The Morgan fingerprint density at radius 3 is 2.92 bits per heavy atom. The Morgan fingerprint density at radius 1 is 1.35 bits per heavy atom. The molecule has 0 unspecified atom stereocenters. The number of carbonyl (C=O) groups excluding carboxylic acids is 2. The number of nitrogens with zero attached hydrogens (tertiary/aromatic N) is 3. The van der Waals surface area contributed by atoms with E-state index in [1.807, 2.05) is 6.07 Å². The lowest BCUT2D eigenvalue weighted by molar-refractivity contribution is -0.142. The molecule has 3 heterocycles. The molecule has 2 aromatic rings. The summed E-state index contributed by atoms with van der Waals surface area (Å²) in [6, 6.07) is 6.74. The van der Waals surface area contributed by atoms with Crippen LogP contribution in [0, 0.1) is 11.5 Å². The van der Waals surface area contributed by atoms with Crippen molar-refractivity contribution in [3.05, 3.63) is 46.9 Å². The quantitative estimate of drug-likeness (QED) is 0.797. The van der Waals surface area contributed by atoms with Gasteiger partial charge in [-0.25, -0.2) is 4.98 Å². The molecular formula is C20H22N3O3. The first-order valence-electron chi connectivity index (χ1n) is 8.88. The molecule has 0 aromatic carbocycles. The number of amides is 1. The van der Waals surface area contributed by atoms with Crippen LogP contribution in [-0.4, -0.2) is 28.0 Å². The Balaban J connectivity index is 1.65. The average molecular weight is 352 g/mol. The zero-order chi connectivity index (χ0) is 18.5. The van der Waals surface area contributed by atoms with Gasteiger partial charge in [-0.3, -0.25) is 14.5 Å². The second-order valence-electron chi connectivity index (χ2n) is 7.80. The van der Waals surface area contributed by atoms with Gasteiger partial charge in [0, 0.05) is 37.5 Å². The highest BCUT2D eigenvalue weighted by molar-refractivity contribution is 6.06. The minimum atomic E-state index is -0.369. The summed E-state index contributed by atoms with van der Waals surface area (Å²) in [6.45, 7) is 7.25. The molecule has 2 aliphatic rings. The number of anilines is 1. The van der Waals surface area contributed by atoms with Crippen LogP contribution < -0.4 is 4.90 Å². The minimum Gasteiger partial charge on any atom is -0.461 e. The van der Waals surface area contributed by atoms with Gasteiger partial charge in [0.1, 0.15) is 18.1 Å². The molecule has 0 saturated heterocycles. The first-order chi connectivity index (χ1) is 12.4. The van der Waals surface area contributed by atoms with Crippen molar-refractivity contribution >= 4 is 17.7 Å². The maximum atomic E-state index is 13.1. The second-order valence-corrected chi connectivity index (χ2v) is 7.80. The molecule has 0 fully saturated rings. The molecule has 1 amide bonds. The van der Waals surface area contributed by atoms with Crippen molar-refractivity contribution in [1.29, 1.82) is 0 Å². The number of hydrogen-bond donors (Lipinski definition) is 0. The number of carbonyl (C=O) groups is 2.